The van der Waals surface area contributed by atoms with Crippen LogP contribution in [0.1, 0.15) is 5.56 Å². The van der Waals surface area contributed by atoms with Crippen molar-refractivity contribution < 1.29 is 22.3 Å². The molecule has 0 bridgehead atoms. The lowest BCUT2D eigenvalue weighted by Gasteiger charge is -2.09. The molecule has 3 nitrogen and oxygen atoms in total. The standard InChI is InChI=1S/C19H11F3O3/c1-24-12-5-2-10-3-6-16-17(13(10)9-12)18(23)14-8-11(19(20,21)22)4-7-15(14)25-16/h2-9H,1H3. The van der Waals surface area contributed by atoms with Gasteiger partial charge in [-0.05, 0) is 41.8 Å². The predicted octanol–water partition coefficient (Wildman–Crippen LogP) is 5.13. The van der Waals surface area contributed by atoms with Crippen molar-refractivity contribution in [3.05, 3.63) is 64.3 Å². The number of ether oxygens (including phenoxy) is 1. The first-order chi connectivity index (χ1) is 11.9. The predicted molar refractivity (Wildman–Crippen MR) is 89.1 cm³/mol. The zero-order chi connectivity index (χ0) is 17.8. The molecule has 25 heavy (non-hydrogen) atoms. The number of rotatable bonds is 1. The smallest absolute Gasteiger partial charge is 0.416 e. The fourth-order valence-electron chi connectivity index (χ4n) is 2.95. The van der Waals surface area contributed by atoms with Gasteiger partial charge in [-0.3, -0.25) is 4.79 Å². The van der Waals surface area contributed by atoms with E-state index in [-0.39, 0.29) is 16.4 Å². The Balaban J connectivity index is 2.17. The van der Waals surface area contributed by atoms with E-state index in [9.17, 15) is 18.0 Å². The van der Waals surface area contributed by atoms with Gasteiger partial charge in [0, 0.05) is 5.39 Å². The summed E-state index contributed by atoms with van der Waals surface area (Å²) >= 11 is 0. The minimum atomic E-state index is -4.53. The van der Waals surface area contributed by atoms with Gasteiger partial charge in [0.05, 0.1) is 23.4 Å². The molecule has 0 unspecified atom stereocenters. The lowest BCUT2D eigenvalue weighted by molar-refractivity contribution is -0.137. The third-order valence-corrected chi connectivity index (χ3v) is 4.19. The summed E-state index contributed by atoms with van der Waals surface area (Å²) in [6.07, 6.45) is -4.53. The monoisotopic (exact) mass is 344 g/mol. The summed E-state index contributed by atoms with van der Waals surface area (Å²) < 4.78 is 49.7. The second kappa shape index (κ2) is 5.24. The van der Waals surface area contributed by atoms with Crippen LogP contribution in [-0.2, 0) is 6.18 Å². The number of alkyl halides is 3. The van der Waals surface area contributed by atoms with Crippen LogP contribution in [0.5, 0.6) is 5.75 Å². The van der Waals surface area contributed by atoms with Gasteiger partial charge >= 0.3 is 6.18 Å². The lowest BCUT2D eigenvalue weighted by Crippen LogP contribution is -2.08. The fourth-order valence-corrected chi connectivity index (χ4v) is 2.95. The van der Waals surface area contributed by atoms with Crippen molar-refractivity contribution in [3.63, 3.8) is 0 Å². The summed E-state index contributed by atoms with van der Waals surface area (Å²) in [5, 5.41) is 1.48. The first-order valence-corrected chi connectivity index (χ1v) is 7.43. The molecule has 0 aliphatic heterocycles. The molecule has 1 heterocycles. The molecule has 0 saturated heterocycles. The molecule has 0 aliphatic carbocycles. The highest BCUT2D eigenvalue weighted by Crippen LogP contribution is 2.33. The van der Waals surface area contributed by atoms with Crippen LogP contribution in [0, 0.1) is 0 Å². The summed E-state index contributed by atoms with van der Waals surface area (Å²) in [6, 6.07) is 11.5. The van der Waals surface area contributed by atoms with Crippen LogP contribution in [0.15, 0.2) is 57.7 Å². The van der Waals surface area contributed by atoms with E-state index in [1.165, 1.54) is 13.2 Å². The maximum absolute atomic E-state index is 13.0. The first kappa shape index (κ1) is 15.5. The summed E-state index contributed by atoms with van der Waals surface area (Å²) in [6.45, 7) is 0. The first-order valence-electron chi connectivity index (χ1n) is 7.43. The molecule has 0 aliphatic rings. The van der Waals surface area contributed by atoms with Gasteiger partial charge in [-0.15, -0.1) is 0 Å². The quantitative estimate of drug-likeness (QED) is 0.355. The van der Waals surface area contributed by atoms with Gasteiger partial charge < -0.3 is 9.15 Å². The van der Waals surface area contributed by atoms with E-state index in [2.05, 4.69) is 0 Å². The van der Waals surface area contributed by atoms with E-state index in [4.69, 9.17) is 9.15 Å². The molecule has 4 rings (SSSR count). The van der Waals surface area contributed by atoms with Crippen LogP contribution in [0.25, 0.3) is 32.7 Å². The second-order valence-corrected chi connectivity index (χ2v) is 5.67. The van der Waals surface area contributed by atoms with E-state index in [1.54, 1.807) is 30.3 Å². The van der Waals surface area contributed by atoms with E-state index in [0.29, 0.717) is 16.7 Å². The van der Waals surface area contributed by atoms with Crippen molar-refractivity contribution in [3.8, 4) is 5.75 Å². The number of hydrogen-bond acceptors (Lipinski definition) is 3. The molecule has 126 valence electrons. The Morgan fingerprint density at radius 1 is 0.920 bits per heavy atom. The van der Waals surface area contributed by atoms with Gasteiger partial charge in [0.15, 0.2) is 0 Å². The second-order valence-electron chi connectivity index (χ2n) is 5.67. The summed E-state index contributed by atoms with van der Waals surface area (Å²) in [4.78, 5) is 12.9. The van der Waals surface area contributed by atoms with E-state index in [0.717, 1.165) is 17.5 Å². The van der Waals surface area contributed by atoms with Crippen molar-refractivity contribution in [2.75, 3.05) is 7.11 Å². The van der Waals surface area contributed by atoms with Crippen LogP contribution in [-0.4, -0.2) is 7.11 Å². The molecular formula is C19H11F3O3. The molecule has 0 amide bonds. The molecule has 0 radical (unpaired) electrons. The van der Waals surface area contributed by atoms with Gasteiger partial charge in [0.1, 0.15) is 16.9 Å². The molecule has 0 fully saturated rings. The molecule has 3 aromatic carbocycles. The Bertz CT molecular complexity index is 1190. The van der Waals surface area contributed by atoms with Crippen molar-refractivity contribution in [2.24, 2.45) is 0 Å². The number of halogens is 3. The molecule has 0 spiro atoms. The molecular weight excluding hydrogens is 333 g/mol. The Morgan fingerprint density at radius 2 is 1.64 bits per heavy atom. The summed E-state index contributed by atoms with van der Waals surface area (Å²) in [7, 11) is 1.50. The fraction of sp³-hybridized carbons (Fsp3) is 0.105. The Labute approximate surface area is 139 Å². The van der Waals surface area contributed by atoms with Crippen LogP contribution in [0.3, 0.4) is 0 Å². The molecule has 4 aromatic rings. The SMILES string of the molecule is COc1ccc2ccc3oc4ccc(C(F)(F)F)cc4c(=O)c3c2c1. The summed E-state index contributed by atoms with van der Waals surface area (Å²) in [5.74, 6) is 0.545. The Hall–Kier alpha value is -3.02. The van der Waals surface area contributed by atoms with Crippen LogP contribution >= 0.6 is 0 Å². The molecule has 0 saturated carbocycles. The zero-order valence-corrected chi connectivity index (χ0v) is 13.0. The van der Waals surface area contributed by atoms with Gasteiger partial charge in [-0.25, -0.2) is 0 Å². The van der Waals surface area contributed by atoms with Crippen LogP contribution in [0.4, 0.5) is 13.2 Å². The minimum absolute atomic E-state index is 0.0994. The number of fused-ring (bicyclic) bond motifs is 4. The van der Waals surface area contributed by atoms with E-state index < -0.39 is 17.2 Å². The minimum Gasteiger partial charge on any atom is -0.497 e. The average Bonchev–Trinajstić information content (AvgIpc) is 2.59. The number of methoxy groups -OCH3 is 1. The highest BCUT2D eigenvalue weighted by Gasteiger charge is 2.31. The summed E-state index contributed by atoms with van der Waals surface area (Å²) in [5.41, 5.74) is -0.948. The molecule has 1 aromatic heterocycles. The molecule has 0 atom stereocenters. The molecule has 0 N–H and O–H groups in total. The van der Waals surface area contributed by atoms with Crippen molar-refractivity contribution in [1.29, 1.82) is 0 Å². The number of benzene rings is 3. The van der Waals surface area contributed by atoms with Gasteiger partial charge in [-0.2, -0.15) is 13.2 Å². The normalized spacial score (nSPS) is 12.2. The van der Waals surface area contributed by atoms with E-state index in [1.807, 2.05) is 0 Å². The van der Waals surface area contributed by atoms with Gasteiger partial charge in [0.2, 0.25) is 5.43 Å². The maximum atomic E-state index is 13.0. The van der Waals surface area contributed by atoms with Crippen molar-refractivity contribution in [1.82, 2.24) is 0 Å². The Kier molecular flexibility index (Phi) is 3.25. The Morgan fingerprint density at radius 3 is 2.36 bits per heavy atom. The maximum Gasteiger partial charge on any atom is 0.416 e. The third-order valence-electron chi connectivity index (χ3n) is 4.19. The topological polar surface area (TPSA) is 39.4 Å². The molecule has 6 heteroatoms. The highest BCUT2D eigenvalue weighted by molar-refractivity contribution is 6.08. The van der Waals surface area contributed by atoms with Crippen molar-refractivity contribution in [2.45, 2.75) is 6.18 Å². The largest absolute Gasteiger partial charge is 0.497 e. The zero-order valence-electron chi connectivity index (χ0n) is 13.0. The van der Waals surface area contributed by atoms with Crippen LogP contribution in [0.2, 0.25) is 0 Å². The number of hydrogen-bond donors (Lipinski definition) is 0. The van der Waals surface area contributed by atoms with Crippen molar-refractivity contribution >= 4 is 32.7 Å². The highest BCUT2D eigenvalue weighted by atomic mass is 19.4. The average molecular weight is 344 g/mol. The van der Waals surface area contributed by atoms with Crippen LogP contribution < -0.4 is 10.2 Å². The lowest BCUT2D eigenvalue weighted by atomic mass is 10.0. The van der Waals surface area contributed by atoms with Gasteiger partial charge in [0.25, 0.3) is 0 Å². The third kappa shape index (κ3) is 2.41. The van der Waals surface area contributed by atoms with E-state index >= 15 is 0 Å². The van der Waals surface area contributed by atoms with Gasteiger partial charge in [-0.1, -0.05) is 12.1 Å².